The van der Waals surface area contributed by atoms with Crippen molar-refractivity contribution in [1.82, 2.24) is 9.97 Å². The fourth-order valence-electron chi connectivity index (χ4n) is 2.04. The number of fused-ring (bicyclic) bond motifs is 1. The van der Waals surface area contributed by atoms with Gasteiger partial charge < -0.3 is 14.5 Å². The number of carboxylic acid groups (broad SMARTS) is 1. The molecule has 2 heterocycles. The first kappa shape index (κ1) is 12.0. The number of carboxylic acids is 1. The Labute approximate surface area is 116 Å². The Morgan fingerprint density at radius 2 is 2.21 bits per heavy atom. The lowest BCUT2D eigenvalue weighted by Crippen LogP contribution is -2.01. The molecule has 0 bridgehead atoms. The number of imidazole rings is 1. The Bertz CT molecular complexity index is 760. The normalized spacial score (nSPS) is 11.0. The van der Waals surface area contributed by atoms with E-state index in [4.69, 9.17) is 9.52 Å². The van der Waals surface area contributed by atoms with E-state index >= 15 is 0 Å². The maximum atomic E-state index is 10.9. The second-order valence-corrected chi connectivity index (χ2v) is 4.82. The molecule has 0 aliphatic heterocycles. The minimum absolute atomic E-state index is 0.118. The van der Waals surface area contributed by atoms with Gasteiger partial charge in [0.25, 0.3) is 0 Å². The minimum Gasteiger partial charge on any atom is -0.481 e. The number of aromatic nitrogens is 2. The summed E-state index contributed by atoms with van der Waals surface area (Å²) in [7, 11) is 0. The van der Waals surface area contributed by atoms with E-state index in [0.717, 1.165) is 16.5 Å². The van der Waals surface area contributed by atoms with Crippen LogP contribution in [0.25, 0.3) is 22.2 Å². The number of halogens is 1. The maximum absolute atomic E-state index is 10.9. The first-order valence-corrected chi connectivity index (χ1v) is 6.37. The van der Waals surface area contributed by atoms with Gasteiger partial charge in [0.15, 0.2) is 4.73 Å². The number of benzene rings is 1. The van der Waals surface area contributed by atoms with Gasteiger partial charge in [-0.25, -0.2) is 4.98 Å². The van der Waals surface area contributed by atoms with Crippen LogP contribution in [-0.4, -0.2) is 21.0 Å². The number of nitrogens with one attached hydrogen (secondary N) is 1. The van der Waals surface area contributed by atoms with Crippen LogP contribution in [0.2, 0.25) is 0 Å². The summed E-state index contributed by atoms with van der Waals surface area (Å²) in [6.07, 6.45) is 1.48. The largest absolute Gasteiger partial charge is 0.481 e. The molecule has 1 aromatic carbocycles. The average molecular weight is 321 g/mol. The summed E-state index contributed by atoms with van der Waals surface area (Å²) in [6, 6.07) is 7.56. The zero-order chi connectivity index (χ0) is 13.4. The third-order valence-corrected chi connectivity index (χ3v) is 3.19. The molecule has 6 heteroatoms. The van der Waals surface area contributed by atoms with E-state index in [-0.39, 0.29) is 6.42 Å². The van der Waals surface area contributed by atoms with Gasteiger partial charge in [0.2, 0.25) is 0 Å². The van der Waals surface area contributed by atoms with E-state index in [1.807, 2.05) is 24.3 Å². The summed E-state index contributed by atoms with van der Waals surface area (Å²) in [4.78, 5) is 18.1. The van der Waals surface area contributed by atoms with Gasteiger partial charge >= 0.3 is 5.97 Å². The quantitative estimate of drug-likeness (QED) is 0.776. The average Bonchev–Trinajstić information content (AvgIpc) is 2.92. The Morgan fingerprint density at radius 3 is 3.00 bits per heavy atom. The number of hydrogen-bond donors (Lipinski definition) is 2. The van der Waals surface area contributed by atoms with Gasteiger partial charge in [-0.2, -0.15) is 0 Å². The SMILES string of the molecule is O=C(O)Cc1[nH]c(Br)nc1-c1coc2ccccc12. The highest BCUT2D eigenvalue weighted by atomic mass is 79.9. The topological polar surface area (TPSA) is 79.1 Å². The number of nitrogens with zero attached hydrogens (tertiary/aromatic N) is 1. The molecule has 3 rings (SSSR count). The van der Waals surface area contributed by atoms with Crippen LogP contribution in [0.5, 0.6) is 0 Å². The van der Waals surface area contributed by atoms with Crippen LogP contribution in [0.1, 0.15) is 5.69 Å². The molecule has 0 unspecified atom stereocenters. The van der Waals surface area contributed by atoms with Crippen molar-refractivity contribution in [3.05, 3.63) is 41.0 Å². The van der Waals surface area contributed by atoms with Crippen molar-refractivity contribution in [2.45, 2.75) is 6.42 Å². The van der Waals surface area contributed by atoms with Gasteiger partial charge in [-0.1, -0.05) is 18.2 Å². The van der Waals surface area contributed by atoms with E-state index in [1.165, 1.54) is 0 Å². The Hall–Kier alpha value is -2.08. The van der Waals surface area contributed by atoms with Crippen molar-refractivity contribution in [3.63, 3.8) is 0 Å². The summed E-state index contributed by atoms with van der Waals surface area (Å²) in [5.41, 5.74) is 2.68. The molecule has 0 radical (unpaired) electrons. The van der Waals surface area contributed by atoms with Crippen LogP contribution < -0.4 is 0 Å². The van der Waals surface area contributed by atoms with E-state index in [0.29, 0.717) is 16.1 Å². The van der Waals surface area contributed by atoms with Crippen LogP contribution in [-0.2, 0) is 11.2 Å². The van der Waals surface area contributed by atoms with Crippen molar-refractivity contribution in [1.29, 1.82) is 0 Å². The molecule has 0 spiro atoms. The van der Waals surface area contributed by atoms with E-state index in [2.05, 4.69) is 25.9 Å². The molecule has 0 saturated carbocycles. The zero-order valence-electron chi connectivity index (χ0n) is 9.68. The van der Waals surface area contributed by atoms with Crippen molar-refractivity contribution < 1.29 is 14.3 Å². The summed E-state index contributed by atoms with van der Waals surface area (Å²) < 4.78 is 5.96. The third-order valence-electron chi connectivity index (χ3n) is 2.81. The zero-order valence-corrected chi connectivity index (χ0v) is 11.3. The fraction of sp³-hybridized carbons (Fsp3) is 0.0769. The van der Waals surface area contributed by atoms with E-state index in [9.17, 15) is 4.79 Å². The molecule has 2 aromatic heterocycles. The van der Waals surface area contributed by atoms with Gasteiger partial charge in [0, 0.05) is 10.9 Å². The number of rotatable bonds is 3. The summed E-state index contributed by atoms with van der Waals surface area (Å²) in [5.74, 6) is -0.912. The Morgan fingerprint density at radius 1 is 1.42 bits per heavy atom. The number of carbonyl (C=O) groups is 1. The van der Waals surface area contributed by atoms with E-state index in [1.54, 1.807) is 6.26 Å². The van der Waals surface area contributed by atoms with Crippen molar-refractivity contribution in [3.8, 4) is 11.3 Å². The molecular formula is C13H9BrN2O3. The van der Waals surface area contributed by atoms with Crippen LogP contribution in [0.4, 0.5) is 0 Å². The number of furan rings is 1. The number of para-hydroxylation sites is 1. The van der Waals surface area contributed by atoms with Gasteiger partial charge in [0.1, 0.15) is 11.8 Å². The van der Waals surface area contributed by atoms with Gasteiger partial charge in [-0.3, -0.25) is 4.79 Å². The second kappa shape index (κ2) is 4.55. The van der Waals surface area contributed by atoms with Crippen molar-refractivity contribution in [2.75, 3.05) is 0 Å². The molecule has 0 aliphatic rings. The molecule has 96 valence electrons. The highest BCUT2D eigenvalue weighted by molar-refractivity contribution is 9.10. The molecule has 0 aliphatic carbocycles. The summed E-state index contributed by atoms with van der Waals surface area (Å²) in [6.45, 7) is 0. The highest BCUT2D eigenvalue weighted by Gasteiger charge is 2.17. The minimum atomic E-state index is -0.912. The van der Waals surface area contributed by atoms with Gasteiger partial charge in [-0.15, -0.1) is 0 Å². The maximum Gasteiger partial charge on any atom is 0.309 e. The third kappa shape index (κ3) is 2.15. The standard InChI is InChI=1S/C13H9BrN2O3/c14-13-15-9(5-11(17)18)12(16-13)8-6-19-10-4-2-1-3-7(8)10/h1-4,6H,5H2,(H,15,16)(H,17,18). The number of hydrogen-bond acceptors (Lipinski definition) is 3. The molecular weight excluding hydrogens is 312 g/mol. The Kier molecular flexibility index (Phi) is 2.87. The first-order valence-electron chi connectivity index (χ1n) is 5.58. The highest BCUT2D eigenvalue weighted by Crippen LogP contribution is 2.32. The fourth-order valence-corrected chi connectivity index (χ4v) is 2.46. The molecule has 19 heavy (non-hydrogen) atoms. The van der Waals surface area contributed by atoms with Crippen molar-refractivity contribution >= 4 is 32.9 Å². The summed E-state index contributed by atoms with van der Waals surface area (Å²) >= 11 is 3.23. The molecule has 0 fully saturated rings. The smallest absolute Gasteiger partial charge is 0.309 e. The van der Waals surface area contributed by atoms with Crippen LogP contribution >= 0.6 is 15.9 Å². The van der Waals surface area contributed by atoms with Crippen molar-refractivity contribution in [2.24, 2.45) is 0 Å². The second-order valence-electron chi connectivity index (χ2n) is 4.07. The first-order chi connectivity index (χ1) is 9.15. The van der Waals surface area contributed by atoms with Crippen LogP contribution in [0.15, 0.2) is 39.7 Å². The predicted octanol–water partition coefficient (Wildman–Crippen LogP) is 3.21. The monoisotopic (exact) mass is 320 g/mol. The lowest BCUT2D eigenvalue weighted by atomic mass is 10.1. The van der Waals surface area contributed by atoms with Crippen LogP contribution in [0.3, 0.4) is 0 Å². The molecule has 5 nitrogen and oxygen atoms in total. The lowest BCUT2D eigenvalue weighted by Gasteiger charge is -1.97. The van der Waals surface area contributed by atoms with E-state index < -0.39 is 5.97 Å². The number of H-pyrrole nitrogens is 1. The molecule has 0 saturated heterocycles. The molecule has 2 N–H and O–H groups in total. The van der Waals surface area contributed by atoms with Gasteiger partial charge in [-0.05, 0) is 22.0 Å². The summed E-state index contributed by atoms with van der Waals surface area (Å²) in [5, 5.41) is 9.84. The molecule has 0 atom stereocenters. The number of aromatic amines is 1. The predicted molar refractivity (Wildman–Crippen MR) is 72.8 cm³/mol. The Balaban J connectivity index is 2.18. The molecule has 0 amide bonds. The lowest BCUT2D eigenvalue weighted by molar-refractivity contribution is -0.136. The van der Waals surface area contributed by atoms with Crippen LogP contribution in [0, 0.1) is 0 Å². The number of aliphatic carboxylic acids is 1. The van der Waals surface area contributed by atoms with Gasteiger partial charge in [0.05, 0.1) is 17.8 Å². The molecule has 3 aromatic rings.